The van der Waals surface area contributed by atoms with Gasteiger partial charge in [-0.3, -0.25) is 0 Å². The number of benzene rings is 7. The number of rotatable bonds is 9. The molecule has 71 heavy (non-hydrogen) atoms. The molecule has 10 rings (SSSR count). The van der Waals surface area contributed by atoms with Crippen molar-refractivity contribution in [1.82, 2.24) is 9.55 Å². The van der Waals surface area contributed by atoms with Crippen LogP contribution in [0.25, 0.3) is 49.9 Å². The summed E-state index contributed by atoms with van der Waals surface area (Å²) in [6.07, 6.45) is 4.22. The monoisotopic (exact) mass is 1110 g/mol. The molecule has 6 heteroatoms. The number of hydrogen-bond donors (Lipinski definition) is 0. The van der Waals surface area contributed by atoms with E-state index in [1.54, 1.807) is 0 Å². The maximum absolute atomic E-state index is 7.00. The number of ether oxygens (including phenoxy) is 1. The van der Waals surface area contributed by atoms with Gasteiger partial charge < -0.3 is 19.1 Å². The van der Waals surface area contributed by atoms with Crippen LogP contribution in [0, 0.1) is 18.8 Å². The van der Waals surface area contributed by atoms with Crippen molar-refractivity contribution in [2.24, 2.45) is 0 Å². The van der Waals surface area contributed by atoms with Crippen LogP contribution in [0.3, 0.4) is 0 Å². The molecule has 3 heterocycles. The Labute approximate surface area is 436 Å². The van der Waals surface area contributed by atoms with Crippen LogP contribution in [0.4, 0.5) is 11.4 Å². The number of allylic oxidation sites excluding steroid dienone is 1. The number of anilines is 2. The molecule has 0 fully saturated rings. The molecule has 1 aliphatic rings. The van der Waals surface area contributed by atoms with E-state index in [1.165, 1.54) is 33.4 Å². The molecule has 0 unspecified atom stereocenters. The minimum atomic E-state index is -0.395. The average Bonchev–Trinajstić information content (AvgIpc) is 3.95. The molecule has 0 N–H and O–H groups in total. The SMILES string of the molecule is CC(C)(C)c1cc(Oc2[c-]c3c(cc2)c2cc(-c4ccccc4)ccc2n3-c2cc(C(C)(C)C)ccn2)[c-]c(N2[CH-]N(c3cc(-c4ccccc4)cc(C(C)(C)C)c3)C=C2C(C)(C)c2ccccc2)c1.[Pt]. The van der Waals surface area contributed by atoms with Gasteiger partial charge in [-0.25, -0.2) is 4.98 Å². The smallest absolute Gasteiger partial charge is 0.135 e. The van der Waals surface area contributed by atoms with Gasteiger partial charge in [-0.1, -0.05) is 191 Å². The van der Waals surface area contributed by atoms with Crippen LogP contribution >= 0.6 is 0 Å². The summed E-state index contributed by atoms with van der Waals surface area (Å²) in [5.41, 5.74) is 13.9. The molecule has 0 saturated carbocycles. The third kappa shape index (κ3) is 9.87. The summed E-state index contributed by atoms with van der Waals surface area (Å²) in [6.45, 7) is 27.2. The van der Waals surface area contributed by atoms with Crippen molar-refractivity contribution in [2.75, 3.05) is 9.80 Å². The standard InChI is InChI=1S/C65H63N4O.Pt/c1-62(2,3)49-31-32-66-61(39-49)69-58-30-27-46(44-21-15-12-16-22-44)35-57(58)56-29-28-54(41-59(56)69)70-55-38-51(64(7,8)9)37-53(40-55)68-43-67(42-60(68)65(10,11)48-25-19-14-20-26-48)52-34-47(45-23-17-13-18-24-45)33-50(36-52)63(4,5)6;/h12-39,42-43H,1-11H3;/q-3;. The molecule has 362 valence electrons. The van der Waals surface area contributed by atoms with Crippen LogP contribution in [0.2, 0.25) is 0 Å². The van der Waals surface area contributed by atoms with Crippen LogP contribution in [-0.2, 0) is 42.7 Å². The Morgan fingerprint density at radius 2 is 1.11 bits per heavy atom. The van der Waals surface area contributed by atoms with E-state index in [0.29, 0.717) is 11.5 Å². The van der Waals surface area contributed by atoms with Crippen LogP contribution in [0.5, 0.6) is 11.5 Å². The van der Waals surface area contributed by atoms with E-state index >= 15 is 0 Å². The summed E-state index contributed by atoms with van der Waals surface area (Å²) in [7, 11) is 0. The fourth-order valence-electron chi connectivity index (χ4n) is 9.51. The summed E-state index contributed by atoms with van der Waals surface area (Å²) in [5.74, 6) is 2.06. The molecule has 1 aliphatic heterocycles. The van der Waals surface area contributed by atoms with Gasteiger partial charge >= 0.3 is 0 Å². The van der Waals surface area contributed by atoms with E-state index in [9.17, 15) is 0 Å². The minimum absolute atomic E-state index is 0. The van der Waals surface area contributed by atoms with Gasteiger partial charge in [-0.2, -0.15) is 6.07 Å². The van der Waals surface area contributed by atoms with Gasteiger partial charge in [0.2, 0.25) is 0 Å². The van der Waals surface area contributed by atoms with Gasteiger partial charge in [0.05, 0.1) is 0 Å². The Hall–Kier alpha value is -6.68. The van der Waals surface area contributed by atoms with Crippen LogP contribution in [0.15, 0.2) is 182 Å². The van der Waals surface area contributed by atoms with Crippen LogP contribution in [0.1, 0.15) is 98.4 Å². The zero-order valence-electron chi connectivity index (χ0n) is 42.8. The topological polar surface area (TPSA) is 33.5 Å². The summed E-state index contributed by atoms with van der Waals surface area (Å²) >= 11 is 0. The van der Waals surface area contributed by atoms with Gasteiger partial charge in [0.25, 0.3) is 0 Å². The van der Waals surface area contributed by atoms with Crippen LogP contribution < -0.4 is 14.5 Å². The van der Waals surface area contributed by atoms with E-state index in [0.717, 1.165) is 55.8 Å². The summed E-state index contributed by atoms with van der Waals surface area (Å²) in [6, 6.07) is 66.2. The normalized spacial score (nSPS) is 13.4. The second-order valence-electron chi connectivity index (χ2n) is 22.4. The molecule has 0 radical (unpaired) electrons. The fourth-order valence-corrected chi connectivity index (χ4v) is 9.51. The molecule has 0 amide bonds. The van der Waals surface area contributed by atoms with E-state index in [-0.39, 0.29) is 37.3 Å². The average molecular weight is 1110 g/mol. The van der Waals surface area contributed by atoms with E-state index < -0.39 is 5.41 Å². The second kappa shape index (κ2) is 18.8. The molecular weight excluding hydrogens is 1050 g/mol. The predicted octanol–water partition coefficient (Wildman–Crippen LogP) is 17.1. The first-order chi connectivity index (χ1) is 33.3. The Bertz CT molecular complexity index is 3410. The zero-order chi connectivity index (χ0) is 49.2. The first kappa shape index (κ1) is 49.3. The molecule has 0 bridgehead atoms. The number of aromatic nitrogens is 2. The molecule has 5 nitrogen and oxygen atoms in total. The third-order valence-corrected chi connectivity index (χ3v) is 13.9. The van der Waals surface area contributed by atoms with Gasteiger partial charge in [-0.05, 0) is 97.1 Å². The quantitative estimate of drug-likeness (QED) is 0.135. The number of fused-ring (bicyclic) bond motifs is 3. The van der Waals surface area contributed by atoms with Crippen molar-refractivity contribution >= 4 is 33.2 Å². The van der Waals surface area contributed by atoms with Crippen molar-refractivity contribution in [2.45, 2.75) is 97.8 Å². The van der Waals surface area contributed by atoms with Crippen molar-refractivity contribution < 1.29 is 25.8 Å². The second-order valence-corrected chi connectivity index (χ2v) is 22.4. The molecule has 0 atom stereocenters. The summed E-state index contributed by atoms with van der Waals surface area (Å²) in [5, 5.41) is 2.20. The minimum Gasteiger partial charge on any atom is -0.509 e. The Morgan fingerprint density at radius 1 is 0.493 bits per heavy atom. The van der Waals surface area contributed by atoms with Crippen molar-refractivity contribution in [1.29, 1.82) is 0 Å². The molecule has 0 spiro atoms. The zero-order valence-corrected chi connectivity index (χ0v) is 45.1. The predicted molar refractivity (Wildman–Crippen MR) is 293 cm³/mol. The maximum atomic E-state index is 7.00. The van der Waals surface area contributed by atoms with Gasteiger partial charge in [0.1, 0.15) is 5.82 Å². The molecule has 7 aromatic carbocycles. The Kier molecular flexibility index (Phi) is 13.1. The first-order valence-corrected chi connectivity index (χ1v) is 24.5. The largest absolute Gasteiger partial charge is 0.509 e. The molecule has 0 saturated heterocycles. The first-order valence-electron chi connectivity index (χ1n) is 24.5. The van der Waals surface area contributed by atoms with E-state index in [2.05, 4.69) is 273 Å². The van der Waals surface area contributed by atoms with Gasteiger partial charge in [0.15, 0.2) is 0 Å². The van der Waals surface area contributed by atoms with Gasteiger partial charge in [-0.15, -0.1) is 53.6 Å². The molecule has 9 aromatic rings. The Balaban J connectivity index is 0.00000624. The summed E-state index contributed by atoms with van der Waals surface area (Å²) < 4.78 is 9.23. The number of pyridine rings is 1. The molecule has 0 aliphatic carbocycles. The van der Waals surface area contributed by atoms with Crippen molar-refractivity contribution in [3.05, 3.63) is 223 Å². The molecular formula is C65H63N4OPt-3. The third-order valence-electron chi connectivity index (χ3n) is 13.9. The number of hydrogen-bond acceptors (Lipinski definition) is 4. The molecule has 2 aromatic heterocycles. The van der Waals surface area contributed by atoms with Crippen LogP contribution in [-0.4, -0.2) is 9.55 Å². The summed E-state index contributed by atoms with van der Waals surface area (Å²) in [4.78, 5) is 9.57. The fraction of sp³-hybridized carbons (Fsp3) is 0.231. The van der Waals surface area contributed by atoms with Crippen molar-refractivity contribution in [3.8, 4) is 39.6 Å². The van der Waals surface area contributed by atoms with E-state index in [1.807, 2.05) is 12.3 Å². The number of nitrogens with zero attached hydrogens (tertiary/aromatic N) is 4. The van der Waals surface area contributed by atoms with E-state index in [4.69, 9.17) is 9.72 Å². The maximum Gasteiger partial charge on any atom is 0.135 e. The Morgan fingerprint density at radius 3 is 1.76 bits per heavy atom. The van der Waals surface area contributed by atoms with Crippen molar-refractivity contribution in [3.63, 3.8) is 0 Å². The van der Waals surface area contributed by atoms with Gasteiger partial charge in [0, 0.05) is 61.1 Å².